The van der Waals surface area contributed by atoms with E-state index in [2.05, 4.69) is 10.3 Å². The predicted molar refractivity (Wildman–Crippen MR) is 72.2 cm³/mol. The quantitative estimate of drug-likeness (QED) is 0.874. The lowest BCUT2D eigenvalue weighted by atomic mass is 10.2. The molecule has 5 heteroatoms. The van der Waals surface area contributed by atoms with Crippen LogP contribution in [0.1, 0.15) is 6.92 Å². The zero-order chi connectivity index (χ0) is 13.0. The number of halogens is 1. The first-order valence-corrected chi connectivity index (χ1v) is 6.63. The van der Waals surface area contributed by atoms with Crippen molar-refractivity contribution in [1.29, 1.82) is 0 Å². The Morgan fingerprint density at radius 2 is 2.11 bits per heavy atom. The van der Waals surface area contributed by atoms with Crippen molar-refractivity contribution in [3.8, 4) is 11.3 Å². The van der Waals surface area contributed by atoms with E-state index in [1.165, 1.54) is 23.5 Å². The minimum absolute atomic E-state index is 0.156. The Labute approximate surface area is 109 Å². The van der Waals surface area contributed by atoms with Crippen LogP contribution in [-0.2, 0) is 0 Å². The Morgan fingerprint density at radius 3 is 2.78 bits per heavy atom. The van der Waals surface area contributed by atoms with Crippen molar-refractivity contribution in [3.05, 3.63) is 35.5 Å². The molecular weight excluding hydrogens is 251 g/mol. The van der Waals surface area contributed by atoms with Crippen LogP contribution in [0.2, 0.25) is 0 Å². The van der Waals surface area contributed by atoms with E-state index >= 15 is 0 Å². The molecule has 1 unspecified atom stereocenters. The second-order valence-electron chi connectivity index (χ2n) is 4.21. The third kappa shape index (κ3) is 3.27. The number of rotatable bonds is 5. The van der Waals surface area contributed by atoms with E-state index in [4.69, 9.17) is 5.11 Å². The lowest BCUT2D eigenvalue weighted by Gasteiger charge is -2.07. The van der Waals surface area contributed by atoms with Crippen molar-refractivity contribution in [3.63, 3.8) is 0 Å². The second-order valence-corrected chi connectivity index (χ2v) is 5.07. The molecular formula is C13H15FN2OS. The van der Waals surface area contributed by atoms with Gasteiger partial charge in [0.15, 0.2) is 5.13 Å². The molecule has 0 aliphatic rings. The highest BCUT2D eigenvalue weighted by molar-refractivity contribution is 7.14. The zero-order valence-electron chi connectivity index (χ0n) is 10.1. The van der Waals surface area contributed by atoms with Crippen LogP contribution in [0.25, 0.3) is 11.3 Å². The van der Waals surface area contributed by atoms with Gasteiger partial charge in [-0.15, -0.1) is 11.3 Å². The van der Waals surface area contributed by atoms with Crippen molar-refractivity contribution in [2.24, 2.45) is 5.92 Å². The number of aliphatic hydroxyl groups excluding tert-OH is 1. The summed E-state index contributed by atoms with van der Waals surface area (Å²) in [6.45, 7) is 2.80. The molecule has 1 aromatic carbocycles. The van der Waals surface area contributed by atoms with Crippen LogP contribution >= 0.6 is 11.3 Å². The van der Waals surface area contributed by atoms with Gasteiger partial charge in [-0.25, -0.2) is 9.37 Å². The standard InChI is InChI=1S/C13H15FN2OS/c1-9(7-17)6-15-13-16-12(8-18-13)10-2-4-11(14)5-3-10/h2-5,8-9,17H,6-7H2,1H3,(H,15,16). The van der Waals surface area contributed by atoms with Crippen molar-refractivity contribution < 1.29 is 9.50 Å². The number of aromatic nitrogens is 1. The molecule has 0 aliphatic carbocycles. The van der Waals surface area contributed by atoms with E-state index in [1.54, 1.807) is 12.1 Å². The summed E-state index contributed by atoms with van der Waals surface area (Å²) in [6.07, 6.45) is 0. The van der Waals surface area contributed by atoms with E-state index < -0.39 is 0 Å². The SMILES string of the molecule is CC(CO)CNc1nc(-c2ccc(F)cc2)cs1. The molecule has 0 aliphatic heterocycles. The highest BCUT2D eigenvalue weighted by Crippen LogP contribution is 2.25. The molecule has 0 radical (unpaired) electrons. The maximum absolute atomic E-state index is 12.8. The molecule has 0 amide bonds. The van der Waals surface area contributed by atoms with E-state index in [9.17, 15) is 4.39 Å². The van der Waals surface area contributed by atoms with Gasteiger partial charge in [-0.3, -0.25) is 0 Å². The molecule has 2 N–H and O–H groups in total. The van der Waals surface area contributed by atoms with Gasteiger partial charge in [0, 0.05) is 24.1 Å². The molecule has 96 valence electrons. The number of thiazole rings is 1. The van der Waals surface area contributed by atoms with E-state index in [0.29, 0.717) is 6.54 Å². The highest BCUT2D eigenvalue weighted by Gasteiger charge is 2.06. The third-order valence-electron chi connectivity index (χ3n) is 2.56. The topological polar surface area (TPSA) is 45.1 Å². The summed E-state index contributed by atoms with van der Waals surface area (Å²) in [5, 5.41) is 14.8. The van der Waals surface area contributed by atoms with Crippen molar-refractivity contribution in [2.45, 2.75) is 6.92 Å². The van der Waals surface area contributed by atoms with Crippen molar-refractivity contribution >= 4 is 16.5 Å². The van der Waals surface area contributed by atoms with Crippen LogP contribution in [0.4, 0.5) is 9.52 Å². The van der Waals surface area contributed by atoms with Gasteiger partial charge in [0.1, 0.15) is 5.82 Å². The molecule has 2 aromatic rings. The second kappa shape index (κ2) is 5.93. The van der Waals surface area contributed by atoms with Crippen molar-refractivity contribution in [2.75, 3.05) is 18.5 Å². The normalized spacial score (nSPS) is 12.4. The zero-order valence-corrected chi connectivity index (χ0v) is 10.9. The molecule has 0 bridgehead atoms. The van der Waals surface area contributed by atoms with Gasteiger partial charge >= 0.3 is 0 Å². The van der Waals surface area contributed by atoms with Crippen LogP contribution in [0.15, 0.2) is 29.6 Å². The van der Waals surface area contributed by atoms with E-state index in [0.717, 1.165) is 16.4 Å². The van der Waals surface area contributed by atoms with Crippen LogP contribution in [0.5, 0.6) is 0 Å². The fraction of sp³-hybridized carbons (Fsp3) is 0.308. The van der Waals surface area contributed by atoms with Gasteiger partial charge in [0.05, 0.1) is 5.69 Å². The van der Waals surface area contributed by atoms with E-state index in [-0.39, 0.29) is 18.3 Å². The number of hydrogen-bond acceptors (Lipinski definition) is 4. The minimum atomic E-state index is -0.246. The number of benzene rings is 1. The number of nitrogens with one attached hydrogen (secondary N) is 1. The van der Waals surface area contributed by atoms with Gasteiger partial charge in [0.25, 0.3) is 0 Å². The summed E-state index contributed by atoms with van der Waals surface area (Å²) in [7, 11) is 0. The van der Waals surface area contributed by atoms with Crippen molar-refractivity contribution in [1.82, 2.24) is 4.98 Å². The van der Waals surface area contributed by atoms with Gasteiger partial charge < -0.3 is 10.4 Å². The predicted octanol–water partition coefficient (Wildman–Crippen LogP) is 2.99. The van der Waals surface area contributed by atoms with Gasteiger partial charge in [-0.1, -0.05) is 6.92 Å². The average molecular weight is 266 g/mol. The fourth-order valence-corrected chi connectivity index (χ4v) is 2.16. The monoisotopic (exact) mass is 266 g/mol. The highest BCUT2D eigenvalue weighted by atomic mass is 32.1. The third-order valence-corrected chi connectivity index (χ3v) is 3.36. The Morgan fingerprint density at radius 1 is 1.39 bits per heavy atom. The minimum Gasteiger partial charge on any atom is -0.396 e. The lowest BCUT2D eigenvalue weighted by molar-refractivity contribution is 0.244. The summed E-state index contributed by atoms with van der Waals surface area (Å²) < 4.78 is 12.8. The van der Waals surface area contributed by atoms with Crippen LogP contribution < -0.4 is 5.32 Å². The first-order valence-electron chi connectivity index (χ1n) is 5.75. The molecule has 0 saturated carbocycles. The average Bonchev–Trinajstić information content (AvgIpc) is 2.85. The maximum atomic E-state index is 12.8. The van der Waals surface area contributed by atoms with Crippen LogP contribution in [-0.4, -0.2) is 23.2 Å². The molecule has 3 nitrogen and oxygen atoms in total. The Bertz CT molecular complexity index is 498. The molecule has 1 aromatic heterocycles. The Balaban J connectivity index is 2.03. The Hall–Kier alpha value is -1.46. The number of nitrogens with zero attached hydrogens (tertiary/aromatic N) is 1. The smallest absolute Gasteiger partial charge is 0.183 e. The summed E-state index contributed by atoms with van der Waals surface area (Å²) in [6, 6.07) is 6.28. The summed E-state index contributed by atoms with van der Waals surface area (Å²) in [5.74, 6) is -0.0488. The first kappa shape index (κ1) is 13.0. The summed E-state index contributed by atoms with van der Waals surface area (Å²) in [5.41, 5.74) is 1.73. The molecule has 0 saturated heterocycles. The lowest BCUT2D eigenvalue weighted by Crippen LogP contribution is -2.14. The summed E-state index contributed by atoms with van der Waals surface area (Å²) in [4.78, 5) is 4.42. The van der Waals surface area contributed by atoms with Gasteiger partial charge in [-0.2, -0.15) is 0 Å². The maximum Gasteiger partial charge on any atom is 0.183 e. The Kier molecular flexibility index (Phi) is 4.28. The largest absolute Gasteiger partial charge is 0.396 e. The molecule has 2 rings (SSSR count). The van der Waals surface area contributed by atoms with E-state index in [1.807, 2.05) is 12.3 Å². The fourth-order valence-electron chi connectivity index (χ4n) is 1.43. The number of aliphatic hydroxyl groups is 1. The first-order chi connectivity index (χ1) is 8.69. The number of hydrogen-bond donors (Lipinski definition) is 2. The molecule has 18 heavy (non-hydrogen) atoms. The van der Waals surface area contributed by atoms with Crippen LogP contribution in [0, 0.1) is 11.7 Å². The van der Waals surface area contributed by atoms with Gasteiger partial charge in [0.2, 0.25) is 0 Å². The summed E-state index contributed by atoms with van der Waals surface area (Å²) >= 11 is 1.50. The molecule has 0 spiro atoms. The number of anilines is 1. The van der Waals surface area contributed by atoms with Crippen LogP contribution in [0.3, 0.4) is 0 Å². The molecule has 1 heterocycles. The molecule has 1 atom stereocenters. The molecule has 0 fully saturated rings. The van der Waals surface area contributed by atoms with Gasteiger partial charge in [-0.05, 0) is 30.2 Å².